The SMILES string of the molecule is Cc1[nH]nc(S(=O)(=O)Nc2c(F)cc(F)cc2Br)c1CO. The van der Waals surface area contributed by atoms with Gasteiger partial charge in [-0.1, -0.05) is 0 Å². The number of anilines is 1. The van der Waals surface area contributed by atoms with Gasteiger partial charge in [0.1, 0.15) is 5.82 Å². The van der Waals surface area contributed by atoms with E-state index >= 15 is 0 Å². The summed E-state index contributed by atoms with van der Waals surface area (Å²) in [6.45, 7) is 0.984. The smallest absolute Gasteiger partial charge is 0.281 e. The molecule has 0 bridgehead atoms. The van der Waals surface area contributed by atoms with E-state index in [1.54, 1.807) is 0 Å². The molecule has 0 spiro atoms. The van der Waals surface area contributed by atoms with E-state index in [2.05, 4.69) is 26.1 Å². The fourth-order valence-corrected chi connectivity index (χ4v) is 3.58. The molecular weight excluding hydrogens is 372 g/mol. The summed E-state index contributed by atoms with van der Waals surface area (Å²) in [6.07, 6.45) is 0. The van der Waals surface area contributed by atoms with Crippen molar-refractivity contribution in [3.8, 4) is 0 Å². The van der Waals surface area contributed by atoms with Gasteiger partial charge in [0.05, 0.1) is 12.3 Å². The third-order valence-electron chi connectivity index (χ3n) is 2.69. The summed E-state index contributed by atoms with van der Waals surface area (Å²) in [7, 11) is -4.24. The van der Waals surface area contributed by atoms with Gasteiger partial charge in [-0.05, 0) is 28.9 Å². The zero-order chi connectivity index (χ0) is 15.8. The van der Waals surface area contributed by atoms with Crippen LogP contribution in [0.15, 0.2) is 21.6 Å². The minimum absolute atomic E-state index is 0.0705. The number of aromatic amines is 1. The lowest BCUT2D eigenvalue weighted by Crippen LogP contribution is -2.17. The number of benzene rings is 1. The summed E-state index contributed by atoms with van der Waals surface area (Å²) in [4.78, 5) is 0. The lowest BCUT2D eigenvalue weighted by molar-refractivity contribution is 0.277. The van der Waals surface area contributed by atoms with Crippen LogP contribution in [0.3, 0.4) is 0 Å². The summed E-state index contributed by atoms with van der Waals surface area (Å²) in [5.74, 6) is -1.93. The van der Waals surface area contributed by atoms with E-state index in [0.29, 0.717) is 11.8 Å². The first-order chi connectivity index (χ1) is 9.76. The number of aromatic nitrogens is 2. The van der Waals surface area contributed by atoms with Crippen molar-refractivity contribution in [1.29, 1.82) is 0 Å². The van der Waals surface area contributed by atoms with Gasteiger partial charge in [0.15, 0.2) is 5.82 Å². The van der Waals surface area contributed by atoms with E-state index in [1.165, 1.54) is 6.92 Å². The van der Waals surface area contributed by atoms with Gasteiger partial charge in [0.2, 0.25) is 5.03 Å². The average Bonchev–Trinajstić information content (AvgIpc) is 2.75. The van der Waals surface area contributed by atoms with E-state index in [0.717, 1.165) is 6.07 Å². The van der Waals surface area contributed by atoms with Crippen molar-refractivity contribution >= 4 is 31.6 Å². The van der Waals surface area contributed by atoms with E-state index in [1.807, 2.05) is 4.72 Å². The van der Waals surface area contributed by atoms with Crippen LogP contribution in [-0.2, 0) is 16.6 Å². The van der Waals surface area contributed by atoms with Crippen molar-refractivity contribution in [1.82, 2.24) is 10.2 Å². The molecule has 1 aromatic carbocycles. The Hall–Kier alpha value is -1.52. The molecule has 21 heavy (non-hydrogen) atoms. The Balaban J connectivity index is 2.47. The number of sulfonamides is 1. The van der Waals surface area contributed by atoms with Gasteiger partial charge in [-0.15, -0.1) is 0 Å². The number of hydrogen-bond donors (Lipinski definition) is 3. The van der Waals surface area contributed by atoms with Gasteiger partial charge in [0, 0.05) is 21.8 Å². The molecule has 0 atom stereocenters. The molecule has 2 aromatic rings. The van der Waals surface area contributed by atoms with Crippen molar-refractivity contribution in [2.24, 2.45) is 0 Å². The maximum atomic E-state index is 13.7. The number of rotatable bonds is 4. The molecule has 2 rings (SSSR count). The standard InChI is InChI=1S/C11H10BrF2N3O3S/c1-5-7(4-18)11(16-15-5)21(19,20)17-10-8(12)2-6(13)3-9(10)14/h2-3,17-18H,4H2,1H3,(H,15,16). The highest BCUT2D eigenvalue weighted by molar-refractivity contribution is 9.10. The molecule has 10 heteroatoms. The Morgan fingerprint density at radius 1 is 1.43 bits per heavy atom. The third kappa shape index (κ3) is 3.06. The Kier molecular flexibility index (Phi) is 4.30. The molecule has 114 valence electrons. The van der Waals surface area contributed by atoms with Crippen LogP contribution >= 0.6 is 15.9 Å². The molecule has 0 fully saturated rings. The monoisotopic (exact) mass is 381 g/mol. The first-order valence-electron chi connectivity index (χ1n) is 5.58. The van der Waals surface area contributed by atoms with E-state index in [9.17, 15) is 22.3 Å². The molecule has 6 nitrogen and oxygen atoms in total. The van der Waals surface area contributed by atoms with Crippen LogP contribution in [0.1, 0.15) is 11.3 Å². The van der Waals surface area contributed by atoms with Crippen LogP contribution in [0.5, 0.6) is 0 Å². The molecule has 0 aliphatic heterocycles. The second-order valence-electron chi connectivity index (χ2n) is 4.14. The maximum absolute atomic E-state index is 13.7. The molecule has 0 radical (unpaired) electrons. The van der Waals surface area contributed by atoms with Crippen LogP contribution < -0.4 is 4.72 Å². The fourth-order valence-electron chi connectivity index (χ4n) is 1.66. The van der Waals surface area contributed by atoms with Crippen LogP contribution in [0.2, 0.25) is 0 Å². The highest BCUT2D eigenvalue weighted by Gasteiger charge is 2.25. The van der Waals surface area contributed by atoms with Gasteiger partial charge in [-0.3, -0.25) is 9.82 Å². The Morgan fingerprint density at radius 2 is 2.10 bits per heavy atom. The number of nitrogens with one attached hydrogen (secondary N) is 2. The zero-order valence-corrected chi connectivity index (χ0v) is 13.0. The summed E-state index contributed by atoms with van der Waals surface area (Å²) >= 11 is 2.88. The van der Waals surface area contributed by atoms with Gasteiger partial charge in [-0.2, -0.15) is 13.5 Å². The maximum Gasteiger partial charge on any atom is 0.281 e. The van der Waals surface area contributed by atoms with E-state index in [4.69, 9.17) is 0 Å². The Morgan fingerprint density at radius 3 is 2.67 bits per heavy atom. The normalized spacial score (nSPS) is 11.7. The molecule has 0 saturated carbocycles. The molecule has 1 heterocycles. The van der Waals surface area contributed by atoms with Gasteiger partial charge < -0.3 is 5.11 Å². The average molecular weight is 382 g/mol. The number of H-pyrrole nitrogens is 1. The molecule has 0 saturated heterocycles. The minimum Gasteiger partial charge on any atom is -0.392 e. The lowest BCUT2D eigenvalue weighted by Gasteiger charge is -2.10. The zero-order valence-electron chi connectivity index (χ0n) is 10.6. The first-order valence-corrected chi connectivity index (χ1v) is 7.86. The topological polar surface area (TPSA) is 95.1 Å². The van der Waals surface area contributed by atoms with Gasteiger partial charge >= 0.3 is 0 Å². The van der Waals surface area contributed by atoms with Crippen LogP contribution in [0, 0.1) is 18.6 Å². The quantitative estimate of drug-likeness (QED) is 0.755. The predicted molar refractivity (Wildman–Crippen MR) is 74.1 cm³/mol. The molecule has 3 N–H and O–H groups in total. The molecule has 1 aromatic heterocycles. The highest BCUT2D eigenvalue weighted by Crippen LogP contribution is 2.29. The number of nitrogens with zero attached hydrogens (tertiary/aromatic N) is 1. The summed E-state index contributed by atoms with van der Waals surface area (Å²) in [5, 5.41) is 14.7. The largest absolute Gasteiger partial charge is 0.392 e. The first kappa shape index (κ1) is 15.9. The van der Waals surface area contributed by atoms with Crippen molar-refractivity contribution in [3.05, 3.63) is 39.5 Å². The van der Waals surface area contributed by atoms with Crippen molar-refractivity contribution in [2.45, 2.75) is 18.6 Å². The van der Waals surface area contributed by atoms with Crippen molar-refractivity contribution < 1.29 is 22.3 Å². The fraction of sp³-hybridized carbons (Fsp3) is 0.182. The lowest BCUT2D eigenvalue weighted by atomic mass is 10.3. The molecular formula is C11H10BrF2N3O3S. The number of halogens is 3. The molecule has 0 unspecified atom stereocenters. The Labute approximate surface area is 127 Å². The number of hydrogen-bond acceptors (Lipinski definition) is 4. The summed E-state index contributed by atoms with van der Waals surface area (Å²) in [5.41, 5.74) is -0.00129. The number of aryl methyl sites for hydroxylation is 1. The highest BCUT2D eigenvalue weighted by atomic mass is 79.9. The second-order valence-corrected chi connectivity index (χ2v) is 6.59. The molecule has 0 amide bonds. The van der Waals surface area contributed by atoms with Crippen LogP contribution in [0.4, 0.5) is 14.5 Å². The molecule has 0 aliphatic carbocycles. The van der Waals surface area contributed by atoms with Crippen LogP contribution in [0.25, 0.3) is 0 Å². The minimum atomic E-state index is -4.24. The third-order valence-corrected chi connectivity index (χ3v) is 4.64. The van der Waals surface area contributed by atoms with E-state index in [-0.39, 0.29) is 10.0 Å². The number of aliphatic hydroxyl groups excluding tert-OH is 1. The molecule has 0 aliphatic rings. The van der Waals surface area contributed by atoms with Gasteiger partial charge in [-0.25, -0.2) is 8.78 Å². The number of aliphatic hydroxyl groups is 1. The Bertz CT molecular complexity index is 769. The van der Waals surface area contributed by atoms with E-state index < -0.39 is 39.0 Å². The van der Waals surface area contributed by atoms with Crippen molar-refractivity contribution in [3.63, 3.8) is 0 Å². The predicted octanol–water partition coefficient (Wildman–Crippen LogP) is 2.05. The second kappa shape index (κ2) is 5.70. The summed E-state index contributed by atoms with van der Waals surface area (Å²) in [6, 6.07) is 1.47. The summed E-state index contributed by atoms with van der Waals surface area (Å²) < 4.78 is 52.9. The van der Waals surface area contributed by atoms with Gasteiger partial charge in [0.25, 0.3) is 10.0 Å². The van der Waals surface area contributed by atoms with Crippen molar-refractivity contribution in [2.75, 3.05) is 4.72 Å². The van der Waals surface area contributed by atoms with Crippen LogP contribution in [-0.4, -0.2) is 23.7 Å².